The lowest BCUT2D eigenvalue weighted by Crippen LogP contribution is -2.52. The number of rotatable bonds is 4. The van der Waals surface area contributed by atoms with Gasteiger partial charge in [-0.25, -0.2) is 0 Å². The second-order valence-electron chi connectivity index (χ2n) is 4.36. The third kappa shape index (κ3) is 2.26. The van der Waals surface area contributed by atoms with E-state index in [2.05, 4.69) is 11.8 Å². The summed E-state index contributed by atoms with van der Waals surface area (Å²) in [5.74, 6) is 0. The number of hydrogen-bond donors (Lipinski definition) is 0. The van der Waals surface area contributed by atoms with Crippen LogP contribution in [-0.2, 0) is 15.1 Å². The zero-order valence-corrected chi connectivity index (χ0v) is 10.3. The van der Waals surface area contributed by atoms with Gasteiger partial charge in [-0.3, -0.25) is 4.90 Å². The van der Waals surface area contributed by atoms with Crippen LogP contribution in [0.5, 0.6) is 0 Å². The molecule has 1 aliphatic rings. The minimum Gasteiger partial charge on any atom is -0.379 e. The summed E-state index contributed by atoms with van der Waals surface area (Å²) in [6.07, 6.45) is 1.88. The number of aldehydes is 1. The maximum absolute atomic E-state index is 11.7. The fraction of sp³-hybridized carbons (Fsp3) is 0.500. The minimum atomic E-state index is -0.481. The number of carbonyl (C=O) groups is 1. The molecule has 0 aromatic heterocycles. The van der Waals surface area contributed by atoms with E-state index < -0.39 is 5.54 Å². The summed E-state index contributed by atoms with van der Waals surface area (Å²) in [5.41, 5.74) is 0.602. The van der Waals surface area contributed by atoms with E-state index in [1.54, 1.807) is 0 Å². The van der Waals surface area contributed by atoms with E-state index in [0.717, 1.165) is 31.4 Å². The van der Waals surface area contributed by atoms with Gasteiger partial charge in [-0.15, -0.1) is 0 Å². The zero-order valence-electron chi connectivity index (χ0n) is 10.3. The van der Waals surface area contributed by atoms with Crippen LogP contribution in [0.4, 0.5) is 0 Å². The van der Waals surface area contributed by atoms with Gasteiger partial charge in [0.05, 0.1) is 13.2 Å². The van der Waals surface area contributed by atoms with E-state index >= 15 is 0 Å². The molecule has 0 bridgehead atoms. The molecule has 0 radical (unpaired) electrons. The largest absolute Gasteiger partial charge is 0.379 e. The van der Waals surface area contributed by atoms with Gasteiger partial charge < -0.3 is 9.53 Å². The third-order valence-electron chi connectivity index (χ3n) is 3.58. The number of carbonyl (C=O) groups excluding carboxylic acids is 1. The van der Waals surface area contributed by atoms with E-state index in [0.29, 0.717) is 13.2 Å². The molecule has 0 unspecified atom stereocenters. The molecule has 1 aromatic carbocycles. The second-order valence-corrected chi connectivity index (χ2v) is 4.36. The van der Waals surface area contributed by atoms with Crippen molar-refractivity contribution >= 4 is 6.29 Å². The highest BCUT2D eigenvalue weighted by Crippen LogP contribution is 2.30. The maximum Gasteiger partial charge on any atom is 0.144 e. The molecule has 1 aromatic rings. The summed E-state index contributed by atoms with van der Waals surface area (Å²) in [4.78, 5) is 13.9. The predicted molar refractivity (Wildman–Crippen MR) is 66.9 cm³/mol. The third-order valence-corrected chi connectivity index (χ3v) is 3.58. The van der Waals surface area contributed by atoms with Gasteiger partial charge in [-0.2, -0.15) is 0 Å². The Balaban J connectivity index is 2.34. The number of morpholine rings is 1. The van der Waals surface area contributed by atoms with Crippen molar-refractivity contribution in [3.05, 3.63) is 35.9 Å². The van der Waals surface area contributed by atoms with Crippen LogP contribution in [0.25, 0.3) is 0 Å². The molecule has 1 fully saturated rings. The highest BCUT2D eigenvalue weighted by atomic mass is 16.5. The molecule has 2 rings (SSSR count). The van der Waals surface area contributed by atoms with Crippen molar-refractivity contribution in [1.29, 1.82) is 0 Å². The molecule has 0 amide bonds. The van der Waals surface area contributed by atoms with Crippen molar-refractivity contribution in [2.24, 2.45) is 0 Å². The Kier molecular flexibility index (Phi) is 3.92. The van der Waals surface area contributed by atoms with Crippen LogP contribution in [0.15, 0.2) is 30.3 Å². The molecule has 1 heterocycles. The van der Waals surface area contributed by atoms with E-state index in [4.69, 9.17) is 4.74 Å². The average molecular weight is 233 g/mol. The first-order valence-electron chi connectivity index (χ1n) is 6.18. The summed E-state index contributed by atoms with van der Waals surface area (Å²) in [5, 5.41) is 0. The van der Waals surface area contributed by atoms with Crippen molar-refractivity contribution in [2.75, 3.05) is 26.3 Å². The quantitative estimate of drug-likeness (QED) is 0.743. The summed E-state index contributed by atoms with van der Waals surface area (Å²) >= 11 is 0. The molecular formula is C14H19NO2. The molecule has 0 saturated carbocycles. The lowest BCUT2D eigenvalue weighted by atomic mass is 9.86. The molecule has 0 spiro atoms. The van der Waals surface area contributed by atoms with Crippen molar-refractivity contribution in [2.45, 2.75) is 18.9 Å². The van der Waals surface area contributed by atoms with Crippen LogP contribution in [0.2, 0.25) is 0 Å². The van der Waals surface area contributed by atoms with Crippen LogP contribution in [0.1, 0.15) is 18.9 Å². The highest BCUT2D eigenvalue weighted by Gasteiger charge is 2.37. The predicted octanol–water partition coefficient (Wildman–Crippen LogP) is 1.82. The van der Waals surface area contributed by atoms with Crippen LogP contribution in [0, 0.1) is 0 Å². The maximum atomic E-state index is 11.7. The summed E-state index contributed by atoms with van der Waals surface area (Å²) in [6.45, 7) is 5.13. The van der Waals surface area contributed by atoms with Gasteiger partial charge >= 0.3 is 0 Å². The van der Waals surface area contributed by atoms with Crippen molar-refractivity contribution in [3.63, 3.8) is 0 Å². The molecule has 1 aliphatic heterocycles. The minimum absolute atomic E-state index is 0.481. The normalized spacial score (nSPS) is 20.8. The van der Waals surface area contributed by atoms with E-state index in [9.17, 15) is 4.79 Å². The summed E-state index contributed by atoms with van der Waals surface area (Å²) in [6, 6.07) is 10.0. The van der Waals surface area contributed by atoms with Crippen LogP contribution in [0.3, 0.4) is 0 Å². The smallest absolute Gasteiger partial charge is 0.144 e. The molecule has 1 atom stereocenters. The van der Waals surface area contributed by atoms with Crippen LogP contribution >= 0.6 is 0 Å². The molecular weight excluding hydrogens is 214 g/mol. The van der Waals surface area contributed by atoms with Gasteiger partial charge in [0.1, 0.15) is 11.8 Å². The van der Waals surface area contributed by atoms with E-state index in [1.165, 1.54) is 0 Å². The van der Waals surface area contributed by atoms with Gasteiger partial charge in [-0.05, 0) is 12.0 Å². The fourth-order valence-electron chi connectivity index (χ4n) is 2.53. The number of hydrogen-bond acceptors (Lipinski definition) is 3. The Bertz CT molecular complexity index is 360. The zero-order chi connectivity index (χ0) is 12.1. The molecule has 92 valence electrons. The summed E-state index contributed by atoms with van der Waals surface area (Å²) in [7, 11) is 0. The first kappa shape index (κ1) is 12.3. The molecule has 3 heteroatoms. The Morgan fingerprint density at radius 1 is 1.29 bits per heavy atom. The van der Waals surface area contributed by atoms with Crippen molar-refractivity contribution < 1.29 is 9.53 Å². The van der Waals surface area contributed by atoms with Crippen LogP contribution < -0.4 is 0 Å². The number of benzene rings is 1. The fourth-order valence-corrected chi connectivity index (χ4v) is 2.53. The highest BCUT2D eigenvalue weighted by molar-refractivity contribution is 5.67. The van der Waals surface area contributed by atoms with Crippen molar-refractivity contribution in [1.82, 2.24) is 4.90 Å². The topological polar surface area (TPSA) is 29.5 Å². The first-order valence-corrected chi connectivity index (χ1v) is 6.18. The van der Waals surface area contributed by atoms with Crippen molar-refractivity contribution in [3.8, 4) is 0 Å². The Morgan fingerprint density at radius 2 is 1.94 bits per heavy atom. The second kappa shape index (κ2) is 5.43. The molecule has 1 saturated heterocycles. The van der Waals surface area contributed by atoms with Gasteiger partial charge in [0.2, 0.25) is 0 Å². The average Bonchev–Trinajstić information content (AvgIpc) is 2.43. The Morgan fingerprint density at radius 3 is 2.47 bits per heavy atom. The number of nitrogens with zero attached hydrogens (tertiary/aromatic N) is 1. The SMILES string of the molecule is CC[C@@](C=O)(c1ccccc1)N1CCOCC1. The summed E-state index contributed by atoms with van der Waals surface area (Å²) < 4.78 is 5.36. The van der Waals surface area contributed by atoms with Gasteiger partial charge in [0.25, 0.3) is 0 Å². The lowest BCUT2D eigenvalue weighted by Gasteiger charge is -2.41. The number of ether oxygens (including phenoxy) is 1. The standard InChI is InChI=1S/C14H19NO2/c1-2-14(12-16,13-6-4-3-5-7-13)15-8-10-17-11-9-15/h3-7,12H,2,8-11H2,1H3/t14-/m1/s1. The molecule has 0 aliphatic carbocycles. The van der Waals surface area contributed by atoms with Gasteiger partial charge in [0, 0.05) is 13.1 Å². The molecule has 0 N–H and O–H groups in total. The van der Waals surface area contributed by atoms with Gasteiger partial charge in [-0.1, -0.05) is 37.3 Å². The van der Waals surface area contributed by atoms with Gasteiger partial charge in [0.15, 0.2) is 0 Å². The Hall–Kier alpha value is -1.19. The molecule has 3 nitrogen and oxygen atoms in total. The monoisotopic (exact) mass is 233 g/mol. The van der Waals surface area contributed by atoms with Crippen LogP contribution in [-0.4, -0.2) is 37.5 Å². The van der Waals surface area contributed by atoms with E-state index in [-0.39, 0.29) is 0 Å². The Labute approximate surface area is 102 Å². The molecule has 17 heavy (non-hydrogen) atoms. The lowest BCUT2D eigenvalue weighted by molar-refractivity contribution is -0.123. The van der Waals surface area contributed by atoms with E-state index in [1.807, 2.05) is 30.3 Å². The first-order chi connectivity index (χ1) is 8.33.